The number of rotatable bonds is 5. The van der Waals surface area contributed by atoms with Crippen LogP contribution in [0.1, 0.15) is 5.01 Å². The molecule has 0 atom stereocenters. The molecule has 0 spiro atoms. The summed E-state index contributed by atoms with van der Waals surface area (Å²) in [5.74, 6) is 1.57. The fourth-order valence-corrected chi connectivity index (χ4v) is 3.21. The van der Waals surface area contributed by atoms with E-state index in [1.54, 1.807) is 4.52 Å². The molecule has 6 nitrogen and oxygen atoms in total. The van der Waals surface area contributed by atoms with E-state index in [4.69, 9.17) is 4.74 Å². The van der Waals surface area contributed by atoms with Gasteiger partial charge in [0.25, 0.3) is 0 Å². The number of aromatic nitrogens is 4. The SMILES string of the molecule is CN(C)c1ccc(-c2nnc3sc(COc4ccccc4)nn23)cc1. The van der Waals surface area contributed by atoms with Crippen LogP contribution < -0.4 is 9.64 Å². The second-order valence-electron chi connectivity index (χ2n) is 5.76. The molecule has 0 N–H and O–H groups in total. The largest absolute Gasteiger partial charge is 0.486 e. The molecule has 0 unspecified atom stereocenters. The van der Waals surface area contributed by atoms with Crippen molar-refractivity contribution in [3.8, 4) is 17.1 Å². The summed E-state index contributed by atoms with van der Waals surface area (Å²) in [7, 11) is 4.04. The number of nitrogens with zero attached hydrogens (tertiary/aromatic N) is 5. The highest BCUT2D eigenvalue weighted by Crippen LogP contribution is 2.24. The van der Waals surface area contributed by atoms with E-state index in [1.807, 2.05) is 56.6 Å². The number of anilines is 1. The molecule has 126 valence electrons. The predicted octanol–water partition coefficient (Wildman–Crippen LogP) is 3.50. The lowest BCUT2D eigenvalue weighted by Crippen LogP contribution is -2.08. The molecule has 0 aliphatic heterocycles. The van der Waals surface area contributed by atoms with Crippen molar-refractivity contribution >= 4 is 22.0 Å². The van der Waals surface area contributed by atoms with Gasteiger partial charge in [0.05, 0.1) is 0 Å². The minimum Gasteiger partial charge on any atom is -0.486 e. The molecule has 0 amide bonds. The standard InChI is InChI=1S/C18H17N5OS/c1-22(2)14-10-8-13(9-11-14)17-19-20-18-23(17)21-16(25-18)12-24-15-6-4-3-5-7-15/h3-11H,12H2,1-2H3. The molecule has 0 aliphatic carbocycles. The van der Waals surface area contributed by atoms with E-state index >= 15 is 0 Å². The van der Waals surface area contributed by atoms with Crippen molar-refractivity contribution in [3.05, 3.63) is 59.6 Å². The van der Waals surface area contributed by atoms with E-state index in [9.17, 15) is 0 Å². The van der Waals surface area contributed by atoms with E-state index < -0.39 is 0 Å². The van der Waals surface area contributed by atoms with Crippen LogP contribution in [0, 0.1) is 0 Å². The molecule has 25 heavy (non-hydrogen) atoms. The number of fused-ring (bicyclic) bond motifs is 1. The van der Waals surface area contributed by atoms with Gasteiger partial charge in [-0.1, -0.05) is 29.5 Å². The zero-order valence-electron chi connectivity index (χ0n) is 14.0. The second kappa shape index (κ2) is 6.52. The van der Waals surface area contributed by atoms with Gasteiger partial charge in [-0.05, 0) is 36.4 Å². The highest BCUT2D eigenvalue weighted by Gasteiger charge is 2.14. The van der Waals surface area contributed by atoms with E-state index in [0.717, 1.165) is 32.8 Å². The zero-order chi connectivity index (χ0) is 17.2. The Morgan fingerprint density at radius 2 is 1.76 bits per heavy atom. The lowest BCUT2D eigenvalue weighted by atomic mass is 10.2. The van der Waals surface area contributed by atoms with Gasteiger partial charge in [0.15, 0.2) is 10.8 Å². The number of hydrogen-bond donors (Lipinski definition) is 0. The normalized spacial score (nSPS) is 11.0. The second-order valence-corrected chi connectivity index (χ2v) is 6.80. The van der Waals surface area contributed by atoms with Crippen LogP contribution in [0.2, 0.25) is 0 Å². The average Bonchev–Trinajstić information content (AvgIpc) is 3.21. The summed E-state index contributed by atoms with van der Waals surface area (Å²) in [6.45, 7) is 0.414. The Morgan fingerprint density at radius 3 is 2.48 bits per heavy atom. The Kier molecular flexibility index (Phi) is 4.07. The van der Waals surface area contributed by atoms with E-state index in [2.05, 4.69) is 32.3 Å². The molecular formula is C18H17N5OS. The summed E-state index contributed by atoms with van der Waals surface area (Å²) in [5, 5.41) is 14.0. The van der Waals surface area contributed by atoms with Crippen LogP contribution in [0.5, 0.6) is 5.75 Å². The van der Waals surface area contributed by atoms with Gasteiger partial charge in [0.1, 0.15) is 12.4 Å². The molecule has 0 fully saturated rings. The zero-order valence-corrected chi connectivity index (χ0v) is 14.8. The van der Waals surface area contributed by atoms with Crippen molar-refractivity contribution in [1.29, 1.82) is 0 Å². The Labute approximate surface area is 149 Å². The molecule has 4 aromatic rings. The minimum atomic E-state index is 0.414. The smallest absolute Gasteiger partial charge is 0.235 e. The van der Waals surface area contributed by atoms with Crippen LogP contribution in [0.4, 0.5) is 5.69 Å². The lowest BCUT2D eigenvalue weighted by Gasteiger charge is -2.11. The average molecular weight is 351 g/mol. The highest BCUT2D eigenvalue weighted by atomic mass is 32.1. The van der Waals surface area contributed by atoms with Crippen molar-refractivity contribution in [2.75, 3.05) is 19.0 Å². The maximum absolute atomic E-state index is 5.76. The van der Waals surface area contributed by atoms with Crippen LogP contribution in [-0.4, -0.2) is 33.9 Å². The third-order valence-electron chi connectivity index (χ3n) is 3.78. The van der Waals surface area contributed by atoms with Gasteiger partial charge in [0, 0.05) is 25.3 Å². The molecule has 0 radical (unpaired) electrons. The Morgan fingerprint density at radius 1 is 1.00 bits per heavy atom. The summed E-state index contributed by atoms with van der Waals surface area (Å²) >= 11 is 1.49. The fraction of sp³-hybridized carbons (Fsp3) is 0.167. The monoisotopic (exact) mass is 351 g/mol. The topological polar surface area (TPSA) is 55.5 Å². The van der Waals surface area contributed by atoms with Gasteiger partial charge >= 0.3 is 0 Å². The Balaban J connectivity index is 1.58. The molecule has 0 saturated heterocycles. The van der Waals surface area contributed by atoms with Gasteiger partial charge in [-0.25, -0.2) is 0 Å². The molecule has 2 heterocycles. The molecule has 0 aliphatic rings. The van der Waals surface area contributed by atoms with Crippen LogP contribution in [0.15, 0.2) is 54.6 Å². The molecule has 2 aromatic carbocycles. The summed E-state index contributed by atoms with van der Waals surface area (Å²) < 4.78 is 7.54. The quantitative estimate of drug-likeness (QED) is 0.551. The first kappa shape index (κ1) is 15.6. The fourth-order valence-electron chi connectivity index (χ4n) is 2.47. The van der Waals surface area contributed by atoms with Crippen molar-refractivity contribution in [3.63, 3.8) is 0 Å². The summed E-state index contributed by atoms with van der Waals surface area (Å²) in [6.07, 6.45) is 0. The van der Waals surface area contributed by atoms with Crippen LogP contribution >= 0.6 is 11.3 Å². The number of benzene rings is 2. The van der Waals surface area contributed by atoms with E-state index in [1.165, 1.54) is 11.3 Å². The third-order valence-corrected chi connectivity index (χ3v) is 4.65. The first-order chi connectivity index (χ1) is 12.2. The molecule has 2 aromatic heterocycles. The minimum absolute atomic E-state index is 0.414. The van der Waals surface area contributed by atoms with Crippen LogP contribution in [0.25, 0.3) is 16.3 Å². The van der Waals surface area contributed by atoms with Crippen molar-refractivity contribution in [2.24, 2.45) is 0 Å². The molecule has 0 saturated carbocycles. The number of para-hydroxylation sites is 1. The summed E-state index contributed by atoms with van der Waals surface area (Å²) in [5.41, 5.74) is 2.12. The predicted molar refractivity (Wildman–Crippen MR) is 99.2 cm³/mol. The van der Waals surface area contributed by atoms with E-state index in [0.29, 0.717) is 6.61 Å². The maximum atomic E-state index is 5.76. The first-order valence-electron chi connectivity index (χ1n) is 7.87. The summed E-state index contributed by atoms with van der Waals surface area (Å²) in [4.78, 5) is 2.82. The van der Waals surface area contributed by atoms with Gasteiger partial charge < -0.3 is 9.64 Å². The molecule has 7 heteroatoms. The summed E-state index contributed by atoms with van der Waals surface area (Å²) in [6, 6.07) is 17.9. The van der Waals surface area contributed by atoms with Crippen molar-refractivity contribution in [2.45, 2.75) is 6.61 Å². The Bertz CT molecular complexity index is 976. The van der Waals surface area contributed by atoms with Gasteiger partial charge in [-0.2, -0.15) is 9.61 Å². The van der Waals surface area contributed by atoms with Gasteiger partial charge in [0.2, 0.25) is 4.96 Å². The van der Waals surface area contributed by atoms with E-state index in [-0.39, 0.29) is 0 Å². The first-order valence-corrected chi connectivity index (χ1v) is 8.69. The Hall–Kier alpha value is -2.93. The number of hydrogen-bond acceptors (Lipinski definition) is 6. The van der Waals surface area contributed by atoms with Crippen LogP contribution in [0.3, 0.4) is 0 Å². The van der Waals surface area contributed by atoms with Gasteiger partial charge in [-0.15, -0.1) is 10.2 Å². The maximum Gasteiger partial charge on any atom is 0.235 e. The third kappa shape index (κ3) is 3.18. The lowest BCUT2D eigenvalue weighted by molar-refractivity contribution is 0.304. The molecular weight excluding hydrogens is 334 g/mol. The van der Waals surface area contributed by atoms with Gasteiger partial charge in [-0.3, -0.25) is 0 Å². The molecule has 4 rings (SSSR count). The number of ether oxygens (including phenoxy) is 1. The van der Waals surface area contributed by atoms with Crippen molar-refractivity contribution < 1.29 is 4.74 Å². The highest BCUT2D eigenvalue weighted by molar-refractivity contribution is 7.16. The van der Waals surface area contributed by atoms with Crippen LogP contribution in [-0.2, 0) is 6.61 Å². The molecule has 0 bridgehead atoms. The van der Waals surface area contributed by atoms with Crippen molar-refractivity contribution in [1.82, 2.24) is 19.8 Å².